The highest BCUT2D eigenvalue weighted by Gasteiger charge is 2.52. The van der Waals surface area contributed by atoms with E-state index in [-0.39, 0.29) is 30.0 Å². The standard InChI is InChI=1S/C30H34Cl2N2O3/c1-5-24(10-7-15-33)34-27(20-11-13-22(31)14-12-20)26(21-8-6-9-23(32)16-21)18-30(4,28(34)35)17-25-19-36-29(2,3)37-25/h6-14,16,24-27H,5,17-19H2,1-4H3/t24-,25?,26+,27+,30-/m0/s1. The van der Waals surface area contributed by atoms with Gasteiger partial charge in [-0.05, 0) is 68.5 Å². The molecule has 2 heterocycles. The molecule has 0 N–H and O–H groups in total. The molecule has 1 amide bonds. The highest BCUT2D eigenvalue weighted by atomic mass is 35.5. The predicted molar refractivity (Wildman–Crippen MR) is 146 cm³/mol. The number of nitriles is 1. The summed E-state index contributed by atoms with van der Waals surface area (Å²) in [5.41, 5.74) is 1.35. The van der Waals surface area contributed by atoms with Crippen molar-refractivity contribution in [1.29, 1.82) is 5.26 Å². The molecule has 0 radical (unpaired) electrons. The largest absolute Gasteiger partial charge is 0.348 e. The number of hydrogen-bond acceptors (Lipinski definition) is 4. The fourth-order valence-electron chi connectivity index (χ4n) is 5.88. The maximum Gasteiger partial charge on any atom is 0.229 e. The molecular weight excluding hydrogens is 507 g/mol. The number of benzene rings is 2. The van der Waals surface area contributed by atoms with Crippen molar-refractivity contribution >= 4 is 29.1 Å². The zero-order chi connectivity index (χ0) is 26.8. The molecule has 2 aromatic rings. The van der Waals surface area contributed by atoms with Gasteiger partial charge in [0, 0.05) is 27.5 Å². The molecule has 1 unspecified atom stereocenters. The van der Waals surface area contributed by atoms with E-state index in [1.54, 1.807) is 0 Å². The van der Waals surface area contributed by atoms with Gasteiger partial charge in [0.2, 0.25) is 5.91 Å². The SMILES string of the molecule is CC[C@@H](C=CC#N)N1C(=O)[C@@](C)(CC2COC(C)(C)O2)C[C@H](c2cccc(Cl)c2)[C@H]1c1ccc(Cl)cc1. The Morgan fingerprint density at radius 3 is 2.46 bits per heavy atom. The molecule has 37 heavy (non-hydrogen) atoms. The summed E-state index contributed by atoms with van der Waals surface area (Å²) in [6, 6.07) is 17.2. The first-order valence-electron chi connectivity index (χ1n) is 12.8. The van der Waals surface area contributed by atoms with Crippen molar-refractivity contribution in [2.75, 3.05) is 6.61 Å². The molecule has 0 spiro atoms. The molecule has 5 nitrogen and oxygen atoms in total. The van der Waals surface area contributed by atoms with Crippen LogP contribution >= 0.6 is 23.2 Å². The lowest BCUT2D eigenvalue weighted by molar-refractivity contribution is -0.161. The number of likely N-dealkylation sites (tertiary alicyclic amines) is 1. The molecule has 2 aliphatic rings. The first-order chi connectivity index (χ1) is 17.6. The van der Waals surface area contributed by atoms with Gasteiger partial charge in [-0.3, -0.25) is 4.79 Å². The summed E-state index contributed by atoms with van der Waals surface area (Å²) < 4.78 is 12.0. The quantitative estimate of drug-likeness (QED) is 0.342. The molecule has 2 saturated heterocycles. The number of piperidine rings is 1. The summed E-state index contributed by atoms with van der Waals surface area (Å²) in [7, 11) is 0. The third-order valence-corrected chi connectivity index (χ3v) is 7.99. The fraction of sp³-hybridized carbons (Fsp3) is 0.467. The van der Waals surface area contributed by atoms with E-state index in [2.05, 4.69) is 12.1 Å². The van der Waals surface area contributed by atoms with Crippen LogP contribution in [0.5, 0.6) is 0 Å². The molecule has 2 aliphatic heterocycles. The first-order valence-corrected chi connectivity index (χ1v) is 13.5. The minimum absolute atomic E-state index is 0.0394. The van der Waals surface area contributed by atoms with Crippen LogP contribution in [0.25, 0.3) is 0 Å². The third-order valence-electron chi connectivity index (χ3n) is 7.50. The Bertz CT molecular complexity index is 1190. The minimum Gasteiger partial charge on any atom is -0.348 e. The van der Waals surface area contributed by atoms with Crippen LogP contribution in [-0.4, -0.2) is 35.3 Å². The van der Waals surface area contributed by atoms with Gasteiger partial charge in [0.1, 0.15) is 0 Å². The molecule has 4 rings (SSSR count). The molecular formula is C30H34Cl2N2O3. The van der Waals surface area contributed by atoms with Gasteiger partial charge in [-0.25, -0.2) is 0 Å². The zero-order valence-electron chi connectivity index (χ0n) is 21.8. The number of rotatable bonds is 7. The van der Waals surface area contributed by atoms with E-state index in [1.165, 1.54) is 6.08 Å². The number of allylic oxidation sites excluding steroid dienone is 1. The summed E-state index contributed by atoms with van der Waals surface area (Å²) in [6.45, 7) is 8.32. The Morgan fingerprint density at radius 2 is 1.86 bits per heavy atom. The normalized spacial score (nSPS) is 28.4. The zero-order valence-corrected chi connectivity index (χ0v) is 23.3. The maximum absolute atomic E-state index is 14.5. The first kappa shape index (κ1) is 27.7. The highest BCUT2D eigenvalue weighted by Crippen LogP contribution is 2.53. The number of nitrogens with zero attached hydrogens (tertiary/aromatic N) is 2. The van der Waals surface area contributed by atoms with Crippen molar-refractivity contribution in [2.45, 2.75) is 76.9 Å². The number of hydrogen-bond donors (Lipinski definition) is 0. The van der Waals surface area contributed by atoms with E-state index in [4.69, 9.17) is 32.7 Å². The van der Waals surface area contributed by atoms with Crippen molar-refractivity contribution in [1.82, 2.24) is 4.90 Å². The van der Waals surface area contributed by atoms with E-state index in [1.807, 2.05) is 81.1 Å². The van der Waals surface area contributed by atoms with Crippen molar-refractivity contribution in [3.63, 3.8) is 0 Å². The molecule has 0 bridgehead atoms. The van der Waals surface area contributed by atoms with E-state index in [0.29, 0.717) is 35.9 Å². The van der Waals surface area contributed by atoms with Gasteiger partial charge in [-0.2, -0.15) is 5.26 Å². The fourth-order valence-corrected chi connectivity index (χ4v) is 6.20. The number of carbonyl (C=O) groups is 1. The van der Waals surface area contributed by atoms with Gasteiger partial charge < -0.3 is 14.4 Å². The third kappa shape index (κ3) is 6.04. The Labute approximate surface area is 230 Å². The van der Waals surface area contributed by atoms with E-state index in [9.17, 15) is 10.1 Å². The molecule has 7 heteroatoms. The molecule has 2 aromatic carbocycles. The summed E-state index contributed by atoms with van der Waals surface area (Å²) in [4.78, 5) is 16.5. The number of ether oxygens (including phenoxy) is 2. The van der Waals surface area contributed by atoms with Gasteiger partial charge in [0.15, 0.2) is 5.79 Å². The van der Waals surface area contributed by atoms with Gasteiger partial charge in [0.05, 0.1) is 30.9 Å². The number of carbonyl (C=O) groups excluding carboxylic acids is 1. The summed E-state index contributed by atoms with van der Waals surface area (Å²) >= 11 is 12.7. The van der Waals surface area contributed by atoms with Gasteiger partial charge in [-0.15, -0.1) is 0 Å². The monoisotopic (exact) mass is 540 g/mol. The Balaban J connectivity index is 1.85. The summed E-state index contributed by atoms with van der Waals surface area (Å²) in [5.74, 6) is -0.658. The maximum atomic E-state index is 14.5. The van der Waals surface area contributed by atoms with Crippen LogP contribution in [0.1, 0.15) is 70.0 Å². The second kappa shape index (κ2) is 11.2. The van der Waals surface area contributed by atoms with Crippen LogP contribution in [0.2, 0.25) is 10.0 Å². The number of halogens is 2. The van der Waals surface area contributed by atoms with Crippen LogP contribution in [-0.2, 0) is 14.3 Å². The Hall–Kier alpha value is -2.36. The molecule has 0 aromatic heterocycles. The van der Waals surface area contributed by atoms with Crippen molar-refractivity contribution in [3.8, 4) is 6.07 Å². The van der Waals surface area contributed by atoms with Crippen molar-refractivity contribution < 1.29 is 14.3 Å². The van der Waals surface area contributed by atoms with Crippen LogP contribution in [0, 0.1) is 16.7 Å². The average Bonchev–Trinajstić information content (AvgIpc) is 3.20. The summed E-state index contributed by atoms with van der Waals surface area (Å²) in [5, 5.41) is 10.6. The van der Waals surface area contributed by atoms with E-state index >= 15 is 0 Å². The van der Waals surface area contributed by atoms with Crippen LogP contribution in [0.15, 0.2) is 60.7 Å². The minimum atomic E-state index is -0.710. The molecule has 0 aliphatic carbocycles. The Morgan fingerprint density at radius 1 is 1.14 bits per heavy atom. The lowest BCUT2D eigenvalue weighted by Crippen LogP contribution is -2.56. The van der Waals surface area contributed by atoms with Crippen LogP contribution < -0.4 is 0 Å². The highest BCUT2D eigenvalue weighted by molar-refractivity contribution is 6.30. The second-order valence-electron chi connectivity index (χ2n) is 10.8. The predicted octanol–water partition coefficient (Wildman–Crippen LogP) is 7.46. The summed E-state index contributed by atoms with van der Waals surface area (Å²) in [6.07, 6.45) is 4.94. The molecule has 0 saturated carbocycles. The van der Waals surface area contributed by atoms with E-state index < -0.39 is 11.2 Å². The van der Waals surface area contributed by atoms with Crippen LogP contribution in [0.3, 0.4) is 0 Å². The Kier molecular flexibility index (Phi) is 8.35. The van der Waals surface area contributed by atoms with E-state index in [0.717, 1.165) is 11.1 Å². The average molecular weight is 542 g/mol. The lowest BCUT2D eigenvalue weighted by Gasteiger charge is -2.52. The van der Waals surface area contributed by atoms with Crippen LogP contribution in [0.4, 0.5) is 0 Å². The van der Waals surface area contributed by atoms with Crippen molar-refractivity contribution in [3.05, 3.63) is 81.9 Å². The van der Waals surface area contributed by atoms with Gasteiger partial charge in [0.25, 0.3) is 0 Å². The van der Waals surface area contributed by atoms with Gasteiger partial charge >= 0.3 is 0 Å². The molecule has 2 fully saturated rings. The molecule has 196 valence electrons. The smallest absolute Gasteiger partial charge is 0.229 e. The number of amides is 1. The topological polar surface area (TPSA) is 62.6 Å². The van der Waals surface area contributed by atoms with Crippen molar-refractivity contribution in [2.24, 2.45) is 5.41 Å². The lowest BCUT2D eigenvalue weighted by atomic mass is 9.66. The van der Waals surface area contributed by atoms with Gasteiger partial charge in [-0.1, -0.05) is 67.4 Å². The molecule has 5 atom stereocenters. The second-order valence-corrected chi connectivity index (χ2v) is 11.6.